The zero-order valence-electron chi connectivity index (χ0n) is 12.4. The summed E-state index contributed by atoms with van der Waals surface area (Å²) in [7, 11) is 3.99. The van der Waals surface area contributed by atoms with Crippen LogP contribution in [0.3, 0.4) is 0 Å². The van der Waals surface area contributed by atoms with E-state index in [1.807, 2.05) is 13.1 Å². The van der Waals surface area contributed by atoms with Gasteiger partial charge in [0, 0.05) is 37.9 Å². The zero-order valence-corrected chi connectivity index (χ0v) is 13.2. The van der Waals surface area contributed by atoms with E-state index < -0.39 is 0 Å². The number of likely N-dealkylation sites (tertiary alicyclic amines) is 1. The van der Waals surface area contributed by atoms with Gasteiger partial charge in [0.2, 0.25) is 0 Å². The Morgan fingerprint density at radius 3 is 3.10 bits per heavy atom. The number of hydrogen-bond donors (Lipinski definition) is 1. The molecule has 3 heterocycles. The molecule has 1 aliphatic heterocycles. The number of hydrogen-bond acceptors (Lipinski definition) is 5. The quantitative estimate of drug-likeness (QED) is 0.941. The molecule has 3 rings (SSSR count). The van der Waals surface area contributed by atoms with E-state index in [9.17, 15) is 4.79 Å². The Bertz CT molecular complexity index is 669. The molecule has 112 valence electrons. The van der Waals surface area contributed by atoms with Crippen LogP contribution in [0.5, 0.6) is 0 Å². The average molecular weight is 304 g/mol. The van der Waals surface area contributed by atoms with Crippen molar-refractivity contribution in [3.8, 4) is 0 Å². The maximum absolute atomic E-state index is 12.6. The maximum atomic E-state index is 12.6. The molecule has 0 saturated carbocycles. The number of rotatable bonds is 3. The largest absolute Gasteiger partial charge is 0.397 e. The van der Waals surface area contributed by atoms with Gasteiger partial charge in [0.1, 0.15) is 4.88 Å². The van der Waals surface area contributed by atoms with Crippen LogP contribution < -0.4 is 5.73 Å². The fourth-order valence-corrected chi connectivity index (χ4v) is 4.03. The van der Waals surface area contributed by atoms with Crippen molar-refractivity contribution in [1.82, 2.24) is 14.8 Å². The fraction of sp³-hybridized carbons (Fsp3) is 0.467. The van der Waals surface area contributed by atoms with Gasteiger partial charge in [-0.25, -0.2) is 0 Å². The van der Waals surface area contributed by atoms with Crippen LogP contribution in [0.25, 0.3) is 10.1 Å². The number of nitrogen functional groups attached to an aromatic ring is 1. The SMILES string of the molecule is CN1CCC(CN(C)C(=O)c2sc3cnccc3c2N)C1. The minimum atomic E-state index is 0.0169. The molecular weight excluding hydrogens is 284 g/mol. The summed E-state index contributed by atoms with van der Waals surface area (Å²) in [5, 5.41) is 0.923. The highest BCUT2D eigenvalue weighted by Gasteiger charge is 2.25. The monoisotopic (exact) mass is 304 g/mol. The topological polar surface area (TPSA) is 62.5 Å². The van der Waals surface area contributed by atoms with Crippen LogP contribution in [0.4, 0.5) is 5.69 Å². The Kier molecular flexibility index (Phi) is 3.82. The first-order valence-corrected chi connectivity index (χ1v) is 7.94. The number of aromatic nitrogens is 1. The second-order valence-corrected chi connectivity index (χ2v) is 6.87. The summed E-state index contributed by atoms with van der Waals surface area (Å²) in [6.07, 6.45) is 4.62. The number of nitrogens with zero attached hydrogens (tertiary/aromatic N) is 3. The Morgan fingerprint density at radius 2 is 2.43 bits per heavy atom. The van der Waals surface area contributed by atoms with E-state index in [1.165, 1.54) is 11.3 Å². The number of nitrogens with two attached hydrogens (primary N) is 1. The number of thiophene rings is 1. The maximum Gasteiger partial charge on any atom is 0.265 e. The van der Waals surface area contributed by atoms with Crippen LogP contribution in [-0.2, 0) is 0 Å². The summed E-state index contributed by atoms with van der Waals surface area (Å²) in [6.45, 7) is 2.96. The standard InChI is InChI=1S/C15H20N4OS/c1-18-6-4-10(8-18)9-19(2)15(20)14-13(16)11-3-5-17-7-12(11)21-14/h3,5,7,10H,4,6,8-9,16H2,1-2H3. The normalized spacial score (nSPS) is 19.2. The molecular formula is C15H20N4OS. The van der Waals surface area contributed by atoms with Crippen molar-refractivity contribution in [2.24, 2.45) is 5.92 Å². The molecule has 2 N–H and O–H groups in total. The van der Waals surface area contributed by atoms with Gasteiger partial charge in [0.15, 0.2) is 0 Å². The summed E-state index contributed by atoms with van der Waals surface area (Å²) in [5.74, 6) is 0.574. The van der Waals surface area contributed by atoms with E-state index in [4.69, 9.17) is 5.73 Å². The number of fused-ring (bicyclic) bond motifs is 1. The van der Waals surface area contributed by atoms with Gasteiger partial charge in [-0.2, -0.15) is 0 Å². The predicted octanol–water partition coefficient (Wildman–Crippen LogP) is 1.90. The summed E-state index contributed by atoms with van der Waals surface area (Å²) in [6, 6.07) is 1.86. The molecule has 1 atom stereocenters. The summed E-state index contributed by atoms with van der Waals surface area (Å²) in [5.41, 5.74) is 6.72. The minimum Gasteiger partial charge on any atom is -0.397 e. The summed E-state index contributed by atoms with van der Waals surface area (Å²) < 4.78 is 0.965. The van der Waals surface area contributed by atoms with Gasteiger partial charge in [-0.3, -0.25) is 9.78 Å². The highest BCUT2D eigenvalue weighted by Crippen LogP contribution is 2.33. The predicted molar refractivity (Wildman–Crippen MR) is 86.6 cm³/mol. The first-order valence-electron chi connectivity index (χ1n) is 7.12. The van der Waals surface area contributed by atoms with Crippen LogP contribution in [0.15, 0.2) is 18.5 Å². The second kappa shape index (κ2) is 5.61. The zero-order chi connectivity index (χ0) is 15.0. The molecule has 0 aromatic carbocycles. The van der Waals surface area contributed by atoms with Crippen molar-refractivity contribution >= 4 is 33.0 Å². The molecule has 2 aromatic heterocycles. The molecule has 0 aliphatic carbocycles. The van der Waals surface area contributed by atoms with Crippen molar-refractivity contribution in [3.63, 3.8) is 0 Å². The molecule has 5 nitrogen and oxygen atoms in total. The number of carbonyl (C=O) groups excluding carboxylic acids is 1. The van der Waals surface area contributed by atoms with Crippen LogP contribution >= 0.6 is 11.3 Å². The smallest absolute Gasteiger partial charge is 0.265 e. The molecule has 2 aromatic rings. The first-order chi connectivity index (χ1) is 10.1. The van der Waals surface area contributed by atoms with Crippen LogP contribution in [0.2, 0.25) is 0 Å². The lowest BCUT2D eigenvalue weighted by Crippen LogP contribution is -2.32. The van der Waals surface area contributed by atoms with Crippen molar-refractivity contribution in [2.45, 2.75) is 6.42 Å². The van der Waals surface area contributed by atoms with Crippen LogP contribution in [0, 0.1) is 5.92 Å². The average Bonchev–Trinajstić information content (AvgIpc) is 3.03. The fourth-order valence-electron chi connectivity index (χ4n) is 2.95. The lowest BCUT2D eigenvalue weighted by Gasteiger charge is -2.20. The number of pyridine rings is 1. The third kappa shape index (κ3) is 2.73. The van der Waals surface area contributed by atoms with Crippen molar-refractivity contribution in [3.05, 3.63) is 23.3 Å². The Hall–Kier alpha value is -1.66. The van der Waals surface area contributed by atoms with E-state index >= 15 is 0 Å². The van der Waals surface area contributed by atoms with E-state index in [0.29, 0.717) is 16.5 Å². The molecule has 1 unspecified atom stereocenters. The van der Waals surface area contributed by atoms with Gasteiger partial charge in [0.05, 0.1) is 10.4 Å². The van der Waals surface area contributed by atoms with E-state index in [2.05, 4.69) is 16.9 Å². The van der Waals surface area contributed by atoms with Crippen molar-refractivity contribution in [1.29, 1.82) is 0 Å². The van der Waals surface area contributed by atoms with Gasteiger partial charge in [-0.15, -0.1) is 11.3 Å². The molecule has 1 fully saturated rings. The summed E-state index contributed by atoms with van der Waals surface area (Å²) >= 11 is 1.43. The Labute approximate surface area is 128 Å². The third-order valence-corrected chi connectivity index (χ3v) is 5.24. The Morgan fingerprint density at radius 1 is 1.62 bits per heavy atom. The molecule has 1 saturated heterocycles. The van der Waals surface area contributed by atoms with Gasteiger partial charge in [-0.1, -0.05) is 0 Å². The van der Waals surface area contributed by atoms with Crippen molar-refractivity contribution < 1.29 is 4.79 Å². The van der Waals surface area contributed by atoms with Gasteiger partial charge in [0.25, 0.3) is 5.91 Å². The molecule has 0 spiro atoms. The molecule has 6 heteroatoms. The molecule has 1 aliphatic rings. The lowest BCUT2D eigenvalue weighted by atomic mass is 10.1. The van der Waals surface area contributed by atoms with Crippen LogP contribution in [-0.4, -0.2) is 54.4 Å². The van der Waals surface area contributed by atoms with Gasteiger partial charge >= 0.3 is 0 Å². The van der Waals surface area contributed by atoms with Crippen LogP contribution in [0.1, 0.15) is 16.1 Å². The second-order valence-electron chi connectivity index (χ2n) is 5.82. The number of anilines is 1. The number of carbonyl (C=O) groups is 1. The number of amides is 1. The van der Waals surface area contributed by atoms with E-state index in [0.717, 1.165) is 36.1 Å². The lowest BCUT2D eigenvalue weighted by molar-refractivity contribution is 0.0780. The molecule has 1 amide bonds. The van der Waals surface area contributed by atoms with Gasteiger partial charge < -0.3 is 15.5 Å². The van der Waals surface area contributed by atoms with Crippen molar-refractivity contribution in [2.75, 3.05) is 39.5 Å². The highest BCUT2D eigenvalue weighted by atomic mass is 32.1. The third-order valence-electron chi connectivity index (χ3n) is 4.09. The molecule has 0 radical (unpaired) electrons. The van der Waals surface area contributed by atoms with Gasteiger partial charge in [-0.05, 0) is 32.0 Å². The van der Waals surface area contributed by atoms with E-state index in [1.54, 1.807) is 17.3 Å². The molecule has 21 heavy (non-hydrogen) atoms. The molecule has 0 bridgehead atoms. The van der Waals surface area contributed by atoms with E-state index in [-0.39, 0.29) is 5.91 Å². The minimum absolute atomic E-state index is 0.0169. The highest BCUT2D eigenvalue weighted by molar-refractivity contribution is 7.21. The first kappa shape index (κ1) is 14.3. The summed E-state index contributed by atoms with van der Waals surface area (Å²) in [4.78, 5) is 21.5. The Balaban J connectivity index is 1.78.